The third kappa shape index (κ3) is 6.43. The van der Waals surface area contributed by atoms with Gasteiger partial charge < -0.3 is 25.5 Å². The minimum Gasteiger partial charge on any atom is -0.384 e. The molecule has 0 radical (unpaired) electrons. The summed E-state index contributed by atoms with van der Waals surface area (Å²) in [6.45, 7) is 11.9. The smallest absolute Gasteiger partial charge is 0.191 e. The molecule has 0 bridgehead atoms. The Morgan fingerprint density at radius 2 is 1.78 bits per heavy atom. The molecule has 0 spiro atoms. The molecule has 3 rings (SSSR count). The molecule has 6 nitrogen and oxygen atoms in total. The maximum absolute atomic E-state index is 14.8. The highest BCUT2D eigenvalue weighted by Crippen LogP contribution is 2.22. The van der Waals surface area contributed by atoms with Crippen LogP contribution in [0.4, 0.5) is 10.1 Å². The molecule has 1 aliphatic rings. The van der Waals surface area contributed by atoms with E-state index in [2.05, 4.69) is 32.3 Å². The minimum absolute atomic E-state index is 0.201. The summed E-state index contributed by atoms with van der Waals surface area (Å²) >= 11 is 0. The Morgan fingerprint density at radius 3 is 2.41 bits per heavy atom. The lowest BCUT2D eigenvalue weighted by Gasteiger charge is -2.35. The molecule has 0 aromatic heterocycles. The summed E-state index contributed by atoms with van der Waals surface area (Å²) in [5.74, 6) is 0.386. The summed E-state index contributed by atoms with van der Waals surface area (Å²) in [4.78, 5) is 9.07. The summed E-state index contributed by atoms with van der Waals surface area (Å²) in [6.07, 6.45) is 0. The van der Waals surface area contributed by atoms with Crippen molar-refractivity contribution in [1.82, 2.24) is 15.5 Å². The van der Waals surface area contributed by atoms with Crippen LogP contribution >= 0.6 is 0 Å². The van der Waals surface area contributed by atoms with Gasteiger partial charge in [-0.25, -0.2) is 9.38 Å². The molecule has 7 heteroatoms. The molecule has 32 heavy (non-hydrogen) atoms. The summed E-state index contributed by atoms with van der Waals surface area (Å²) < 4.78 is 14.8. The zero-order valence-electron chi connectivity index (χ0n) is 19.4. The fraction of sp³-hybridized carbons (Fsp3) is 0.480. The molecule has 0 aliphatic carbocycles. The third-order valence-corrected chi connectivity index (χ3v) is 5.93. The first-order valence-electron chi connectivity index (χ1n) is 11.5. The van der Waals surface area contributed by atoms with Crippen LogP contribution in [0.2, 0.25) is 0 Å². The van der Waals surface area contributed by atoms with Crippen LogP contribution in [-0.2, 0) is 12.1 Å². The molecule has 1 atom stereocenters. The van der Waals surface area contributed by atoms with Crippen LogP contribution in [0.25, 0.3) is 0 Å². The standard InChI is InChI=1S/C25H36FN5O/c1-4-27-24(29-19-25(3,32)21-9-7-6-8-10-21)28-18-20-11-12-23(22(26)17-20)31-15-13-30(5-2)14-16-31/h6-12,17,32H,4-5,13-16,18-19H2,1-3H3,(H2,27,28,29). The van der Waals surface area contributed by atoms with E-state index in [4.69, 9.17) is 0 Å². The van der Waals surface area contributed by atoms with E-state index < -0.39 is 5.60 Å². The maximum Gasteiger partial charge on any atom is 0.191 e. The highest BCUT2D eigenvalue weighted by Gasteiger charge is 2.23. The number of anilines is 1. The second-order valence-corrected chi connectivity index (χ2v) is 8.40. The minimum atomic E-state index is -1.03. The summed E-state index contributed by atoms with van der Waals surface area (Å²) in [7, 11) is 0. The van der Waals surface area contributed by atoms with E-state index in [1.807, 2.05) is 49.4 Å². The van der Waals surface area contributed by atoms with Crippen LogP contribution in [0.5, 0.6) is 0 Å². The lowest BCUT2D eigenvalue weighted by atomic mass is 9.96. The number of hydrogen-bond donors (Lipinski definition) is 3. The molecule has 0 saturated carbocycles. The third-order valence-electron chi connectivity index (χ3n) is 5.93. The lowest BCUT2D eigenvalue weighted by molar-refractivity contribution is 0.0617. The summed E-state index contributed by atoms with van der Waals surface area (Å²) in [5, 5.41) is 17.2. The average molecular weight is 442 g/mol. The first-order chi connectivity index (χ1) is 15.4. The SMILES string of the molecule is CCNC(=NCc1ccc(N2CCN(CC)CC2)c(F)c1)NCC(C)(O)c1ccccc1. The largest absolute Gasteiger partial charge is 0.384 e. The van der Waals surface area contributed by atoms with Crippen molar-refractivity contribution in [2.24, 2.45) is 4.99 Å². The highest BCUT2D eigenvalue weighted by atomic mass is 19.1. The number of aliphatic imine (C=N–C) groups is 1. The van der Waals surface area contributed by atoms with Gasteiger partial charge in [0.1, 0.15) is 11.4 Å². The van der Waals surface area contributed by atoms with Crippen molar-refractivity contribution in [2.75, 3.05) is 50.7 Å². The average Bonchev–Trinajstić information content (AvgIpc) is 2.81. The van der Waals surface area contributed by atoms with Crippen molar-refractivity contribution in [2.45, 2.75) is 32.9 Å². The predicted molar refractivity (Wildman–Crippen MR) is 130 cm³/mol. The van der Waals surface area contributed by atoms with Gasteiger partial charge >= 0.3 is 0 Å². The van der Waals surface area contributed by atoms with Crippen molar-refractivity contribution in [3.63, 3.8) is 0 Å². The number of guanidine groups is 1. The number of rotatable bonds is 8. The normalized spacial score (nSPS) is 17.2. The van der Waals surface area contributed by atoms with E-state index in [-0.39, 0.29) is 5.82 Å². The second-order valence-electron chi connectivity index (χ2n) is 8.40. The molecular weight excluding hydrogens is 405 g/mol. The van der Waals surface area contributed by atoms with Gasteiger partial charge in [0.15, 0.2) is 5.96 Å². The van der Waals surface area contributed by atoms with Gasteiger partial charge in [-0.2, -0.15) is 0 Å². The highest BCUT2D eigenvalue weighted by molar-refractivity contribution is 5.79. The van der Waals surface area contributed by atoms with Gasteiger partial charge in [0, 0.05) is 32.7 Å². The Bertz CT molecular complexity index is 879. The number of nitrogens with zero attached hydrogens (tertiary/aromatic N) is 3. The van der Waals surface area contributed by atoms with E-state index in [1.54, 1.807) is 13.0 Å². The molecule has 174 valence electrons. The monoisotopic (exact) mass is 441 g/mol. The summed E-state index contributed by atoms with van der Waals surface area (Å²) in [5.41, 5.74) is 1.27. The van der Waals surface area contributed by atoms with Gasteiger partial charge in [0.05, 0.1) is 18.8 Å². The molecule has 1 saturated heterocycles. The van der Waals surface area contributed by atoms with Crippen LogP contribution in [0.15, 0.2) is 53.5 Å². The van der Waals surface area contributed by atoms with Crippen LogP contribution in [0.1, 0.15) is 31.9 Å². The molecule has 3 N–H and O–H groups in total. The fourth-order valence-corrected chi connectivity index (χ4v) is 3.88. The van der Waals surface area contributed by atoms with Crippen molar-refractivity contribution in [3.8, 4) is 0 Å². The van der Waals surface area contributed by atoms with E-state index in [0.29, 0.717) is 31.3 Å². The number of nitrogens with one attached hydrogen (secondary N) is 2. The number of halogens is 1. The quantitative estimate of drug-likeness (QED) is 0.434. The van der Waals surface area contributed by atoms with Crippen molar-refractivity contribution < 1.29 is 9.50 Å². The lowest BCUT2D eigenvalue weighted by Crippen LogP contribution is -2.46. The Hall–Kier alpha value is -2.64. The molecule has 2 aromatic carbocycles. The fourth-order valence-electron chi connectivity index (χ4n) is 3.88. The Balaban J connectivity index is 1.61. The van der Waals surface area contributed by atoms with E-state index >= 15 is 0 Å². The first kappa shape index (κ1) is 24.0. The van der Waals surface area contributed by atoms with Crippen LogP contribution in [0.3, 0.4) is 0 Å². The van der Waals surface area contributed by atoms with Gasteiger partial charge in [-0.15, -0.1) is 0 Å². The van der Waals surface area contributed by atoms with Gasteiger partial charge in [-0.3, -0.25) is 0 Å². The number of hydrogen-bond acceptors (Lipinski definition) is 4. The van der Waals surface area contributed by atoms with E-state index in [1.165, 1.54) is 0 Å². The molecule has 1 aliphatic heterocycles. The van der Waals surface area contributed by atoms with Crippen molar-refractivity contribution in [3.05, 3.63) is 65.5 Å². The summed E-state index contributed by atoms with van der Waals surface area (Å²) in [6, 6.07) is 14.9. The van der Waals surface area contributed by atoms with Gasteiger partial charge in [0.2, 0.25) is 0 Å². The maximum atomic E-state index is 14.8. The van der Waals surface area contributed by atoms with Gasteiger partial charge in [-0.1, -0.05) is 43.3 Å². The number of benzene rings is 2. The number of piperazine rings is 1. The Kier molecular flexibility index (Phi) is 8.47. The number of likely N-dealkylation sites (N-methyl/N-ethyl adjacent to an activating group) is 1. The Morgan fingerprint density at radius 1 is 1.06 bits per heavy atom. The molecule has 1 heterocycles. The zero-order chi connectivity index (χ0) is 23.0. The molecule has 1 unspecified atom stereocenters. The van der Waals surface area contributed by atoms with Crippen molar-refractivity contribution in [1.29, 1.82) is 0 Å². The topological polar surface area (TPSA) is 63.1 Å². The molecular formula is C25H36FN5O. The van der Waals surface area contributed by atoms with Crippen LogP contribution in [-0.4, -0.2) is 61.8 Å². The molecule has 1 fully saturated rings. The second kappa shape index (κ2) is 11.3. The van der Waals surface area contributed by atoms with E-state index in [0.717, 1.165) is 43.9 Å². The molecule has 0 amide bonds. The van der Waals surface area contributed by atoms with E-state index in [9.17, 15) is 9.50 Å². The van der Waals surface area contributed by atoms with Crippen LogP contribution < -0.4 is 15.5 Å². The van der Waals surface area contributed by atoms with Crippen LogP contribution in [0, 0.1) is 5.82 Å². The van der Waals surface area contributed by atoms with Gasteiger partial charge in [-0.05, 0) is 43.7 Å². The van der Waals surface area contributed by atoms with Gasteiger partial charge in [0.25, 0.3) is 0 Å². The first-order valence-corrected chi connectivity index (χ1v) is 11.5. The molecule has 2 aromatic rings. The van der Waals surface area contributed by atoms with Crippen molar-refractivity contribution >= 4 is 11.6 Å². The zero-order valence-corrected chi connectivity index (χ0v) is 19.4. The number of aliphatic hydroxyl groups is 1. The predicted octanol–water partition coefficient (Wildman–Crippen LogP) is 2.93. The Labute approximate surface area is 191 Å².